The normalized spacial score (nSPS) is 10.2. The number of carboxylic acids is 1. The molecule has 0 bridgehead atoms. The Morgan fingerprint density at radius 3 is 2.80 bits per heavy atom. The lowest BCUT2D eigenvalue weighted by molar-refractivity contribution is 0.0697. The molecule has 1 heterocycles. The van der Waals surface area contributed by atoms with E-state index >= 15 is 0 Å². The van der Waals surface area contributed by atoms with Gasteiger partial charge in [0.1, 0.15) is 0 Å². The van der Waals surface area contributed by atoms with Gasteiger partial charge in [0, 0.05) is 6.20 Å². The van der Waals surface area contributed by atoms with Crippen LogP contribution in [-0.4, -0.2) is 20.9 Å². The molecule has 0 saturated heterocycles. The number of aromatic nitrogens is 2. The highest BCUT2D eigenvalue weighted by Crippen LogP contribution is 2.10. The Kier molecular flexibility index (Phi) is 2.25. The highest BCUT2D eigenvalue weighted by molar-refractivity contribution is 5.88. The topological polar surface area (TPSA) is 55.1 Å². The van der Waals surface area contributed by atoms with Crippen LogP contribution in [0.3, 0.4) is 0 Å². The van der Waals surface area contributed by atoms with Crippen LogP contribution in [0.15, 0.2) is 36.5 Å². The zero-order valence-corrected chi connectivity index (χ0v) is 8.21. The number of carbonyl (C=O) groups is 1. The molecular formula is C11H10N2O2. The van der Waals surface area contributed by atoms with Gasteiger partial charge in [-0.3, -0.25) is 0 Å². The molecule has 0 fully saturated rings. The molecule has 0 amide bonds. The third-order valence-electron chi connectivity index (χ3n) is 2.08. The lowest BCUT2D eigenvalue weighted by Gasteiger charge is -2.01. The van der Waals surface area contributed by atoms with Crippen LogP contribution in [0.5, 0.6) is 0 Å². The monoisotopic (exact) mass is 202 g/mol. The Bertz CT molecular complexity index is 503. The Morgan fingerprint density at radius 2 is 2.20 bits per heavy atom. The maximum Gasteiger partial charge on any atom is 0.335 e. The molecular weight excluding hydrogens is 192 g/mol. The van der Waals surface area contributed by atoms with Crippen molar-refractivity contribution in [1.82, 2.24) is 9.78 Å². The van der Waals surface area contributed by atoms with Crippen LogP contribution in [0.2, 0.25) is 0 Å². The molecule has 0 aliphatic carbocycles. The van der Waals surface area contributed by atoms with E-state index in [1.165, 1.54) is 0 Å². The van der Waals surface area contributed by atoms with Crippen molar-refractivity contribution in [3.8, 4) is 5.69 Å². The SMILES string of the molecule is Cc1ccn(-c2cccc(C(=O)O)c2)n1. The van der Waals surface area contributed by atoms with Gasteiger partial charge in [-0.1, -0.05) is 6.07 Å². The quantitative estimate of drug-likeness (QED) is 0.808. The minimum absolute atomic E-state index is 0.264. The molecule has 0 radical (unpaired) electrons. The van der Waals surface area contributed by atoms with Crippen molar-refractivity contribution in [1.29, 1.82) is 0 Å². The summed E-state index contributed by atoms with van der Waals surface area (Å²) in [5, 5.41) is 13.0. The van der Waals surface area contributed by atoms with E-state index in [9.17, 15) is 4.79 Å². The number of hydrogen-bond acceptors (Lipinski definition) is 2. The number of benzene rings is 1. The number of aryl methyl sites for hydroxylation is 1. The van der Waals surface area contributed by atoms with Crippen LogP contribution in [0.1, 0.15) is 16.1 Å². The summed E-state index contributed by atoms with van der Waals surface area (Å²) in [6.07, 6.45) is 1.80. The fourth-order valence-corrected chi connectivity index (χ4v) is 1.34. The van der Waals surface area contributed by atoms with Crippen molar-refractivity contribution in [3.63, 3.8) is 0 Å². The van der Waals surface area contributed by atoms with Crippen LogP contribution >= 0.6 is 0 Å². The molecule has 1 aromatic heterocycles. The van der Waals surface area contributed by atoms with Gasteiger partial charge >= 0.3 is 5.97 Å². The van der Waals surface area contributed by atoms with Crippen LogP contribution < -0.4 is 0 Å². The lowest BCUT2D eigenvalue weighted by atomic mass is 10.2. The molecule has 76 valence electrons. The second-order valence-electron chi connectivity index (χ2n) is 3.26. The lowest BCUT2D eigenvalue weighted by Crippen LogP contribution is -2.00. The smallest absolute Gasteiger partial charge is 0.335 e. The zero-order valence-electron chi connectivity index (χ0n) is 8.21. The summed E-state index contributed by atoms with van der Waals surface area (Å²) in [6.45, 7) is 1.89. The number of hydrogen-bond donors (Lipinski definition) is 1. The molecule has 15 heavy (non-hydrogen) atoms. The van der Waals surface area contributed by atoms with Crippen molar-refractivity contribution < 1.29 is 9.90 Å². The molecule has 2 rings (SSSR count). The molecule has 0 atom stereocenters. The average Bonchev–Trinajstić information content (AvgIpc) is 2.65. The molecule has 0 saturated carbocycles. The minimum Gasteiger partial charge on any atom is -0.478 e. The van der Waals surface area contributed by atoms with E-state index in [2.05, 4.69) is 5.10 Å². The summed E-state index contributed by atoms with van der Waals surface area (Å²) in [7, 11) is 0. The average molecular weight is 202 g/mol. The van der Waals surface area contributed by atoms with Crippen molar-refractivity contribution in [2.45, 2.75) is 6.92 Å². The molecule has 4 heteroatoms. The van der Waals surface area contributed by atoms with Gasteiger partial charge in [0.15, 0.2) is 0 Å². The predicted octanol–water partition coefficient (Wildman–Crippen LogP) is 1.88. The van der Waals surface area contributed by atoms with E-state index in [4.69, 9.17) is 5.11 Å². The zero-order chi connectivity index (χ0) is 10.8. The van der Waals surface area contributed by atoms with E-state index in [0.29, 0.717) is 0 Å². The maximum atomic E-state index is 10.8. The molecule has 1 N–H and O–H groups in total. The van der Waals surface area contributed by atoms with E-state index < -0.39 is 5.97 Å². The molecule has 4 nitrogen and oxygen atoms in total. The van der Waals surface area contributed by atoms with Crippen molar-refractivity contribution in [2.24, 2.45) is 0 Å². The molecule has 2 aromatic rings. The van der Waals surface area contributed by atoms with Crippen molar-refractivity contribution >= 4 is 5.97 Å². The van der Waals surface area contributed by atoms with Gasteiger partial charge in [-0.2, -0.15) is 5.10 Å². The van der Waals surface area contributed by atoms with Gasteiger partial charge in [-0.05, 0) is 31.2 Å². The first kappa shape index (κ1) is 9.45. The summed E-state index contributed by atoms with van der Waals surface area (Å²) < 4.78 is 1.65. The second-order valence-corrected chi connectivity index (χ2v) is 3.26. The van der Waals surface area contributed by atoms with E-state index in [1.807, 2.05) is 19.1 Å². The molecule has 0 unspecified atom stereocenters. The van der Waals surface area contributed by atoms with Crippen LogP contribution in [0, 0.1) is 6.92 Å². The maximum absolute atomic E-state index is 10.8. The fourth-order valence-electron chi connectivity index (χ4n) is 1.34. The van der Waals surface area contributed by atoms with E-state index in [0.717, 1.165) is 11.4 Å². The third-order valence-corrected chi connectivity index (χ3v) is 2.08. The number of carboxylic acid groups (broad SMARTS) is 1. The fraction of sp³-hybridized carbons (Fsp3) is 0.0909. The number of aromatic carboxylic acids is 1. The first-order chi connectivity index (χ1) is 7.16. The molecule has 0 aliphatic heterocycles. The van der Waals surface area contributed by atoms with Crippen LogP contribution in [0.25, 0.3) is 5.69 Å². The van der Waals surface area contributed by atoms with Crippen molar-refractivity contribution in [2.75, 3.05) is 0 Å². The number of rotatable bonds is 2. The van der Waals surface area contributed by atoms with Crippen LogP contribution in [0.4, 0.5) is 0 Å². The largest absolute Gasteiger partial charge is 0.478 e. The second kappa shape index (κ2) is 3.57. The minimum atomic E-state index is -0.930. The molecule has 0 aliphatic rings. The first-order valence-corrected chi connectivity index (χ1v) is 4.53. The summed E-state index contributed by atoms with van der Waals surface area (Å²) in [5.41, 5.74) is 1.92. The van der Waals surface area contributed by atoms with E-state index in [1.54, 1.807) is 29.1 Å². The van der Waals surface area contributed by atoms with Gasteiger partial charge in [0.25, 0.3) is 0 Å². The van der Waals surface area contributed by atoms with Gasteiger partial charge in [0.2, 0.25) is 0 Å². The first-order valence-electron chi connectivity index (χ1n) is 4.53. The summed E-state index contributed by atoms with van der Waals surface area (Å²) in [5.74, 6) is -0.930. The van der Waals surface area contributed by atoms with Crippen molar-refractivity contribution in [3.05, 3.63) is 47.8 Å². The Hall–Kier alpha value is -2.10. The Labute approximate surface area is 86.8 Å². The molecule has 1 aromatic carbocycles. The Morgan fingerprint density at radius 1 is 1.40 bits per heavy atom. The highest BCUT2D eigenvalue weighted by Gasteiger charge is 2.04. The molecule has 0 spiro atoms. The van der Waals surface area contributed by atoms with Gasteiger partial charge < -0.3 is 5.11 Å². The number of nitrogens with zero attached hydrogens (tertiary/aromatic N) is 2. The van der Waals surface area contributed by atoms with Gasteiger partial charge in [-0.25, -0.2) is 9.48 Å². The summed E-state index contributed by atoms with van der Waals surface area (Å²) in [4.78, 5) is 10.8. The summed E-state index contributed by atoms with van der Waals surface area (Å²) in [6, 6.07) is 8.54. The van der Waals surface area contributed by atoms with Gasteiger partial charge in [0.05, 0.1) is 16.9 Å². The van der Waals surface area contributed by atoms with Gasteiger partial charge in [-0.15, -0.1) is 0 Å². The third kappa shape index (κ3) is 1.88. The predicted molar refractivity (Wildman–Crippen MR) is 55.3 cm³/mol. The Balaban J connectivity index is 2.45. The summed E-state index contributed by atoms with van der Waals surface area (Å²) >= 11 is 0. The standard InChI is InChI=1S/C11H10N2O2/c1-8-5-6-13(12-8)10-4-2-3-9(7-10)11(14)15/h2-7H,1H3,(H,14,15). The van der Waals surface area contributed by atoms with Crippen LogP contribution in [-0.2, 0) is 0 Å². The highest BCUT2D eigenvalue weighted by atomic mass is 16.4. The van der Waals surface area contributed by atoms with E-state index in [-0.39, 0.29) is 5.56 Å².